The van der Waals surface area contributed by atoms with Gasteiger partial charge in [-0.15, -0.1) is 11.3 Å². The van der Waals surface area contributed by atoms with Gasteiger partial charge in [-0.2, -0.15) is 0 Å². The number of hydrogen-bond donors (Lipinski definition) is 4. The molecule has 0 spiro atoms. The number of nitrogens with two attached hydrogens (primary N) is 1. The number of benzene rings is 1. The maximum absolute atomic E-state index is 13.3. The predicted molar refractivity (Wildman–Crippen MR) is 153 cm³/mol. The lowest BCUT2D eigenvalue weighted by molar-refractivity contribution is 0.125. The highest BCUT2D eigenvalue weighted by Crippen LogP contribution is 2.37. The van der Waals surface area contributed by atoms with Crippen LogP contribution >= 0.6 is 11.3 Å². The van der Waals surface area contributed by atoms with Crippen LogP contribution in [-0.4, -0.2) is 49.9 Å². The van der Waals surface area contributed by atoms with Crippen LogP contribution in [0.1, 0.15) is 78.8 Å². The first-order valence-electron chi connectivity index (χ1n) is 12.9. The van der Waals surface area contributed by atoms with E-state index < -0.39 is 27.7 Å². The molecular formula is C26H41N5O6S2. The van der Waals surface area contributed by atoms with E-state index in [1.54, 1.807) is 66.8 Å². The number of hydrogen-bond acceptors (Lipinski definition) is 9. The summed E-state index contributed by atoms with van der Waals surface area (Å²) in [5, 5.41) is 7.04. The van der Waals surface area contributed by atoms with Gasteiger partial charge in [-0.05, 0) is 80.0 Å². The van der Waals surface area contributed by atoms with E-state index in [4.69, 9.17) is 4.74 Å². The maximum Gasteiger partial charge on any atom is 0.411 e. The van der Waals surface area contributed by atoms with Gasteiger partial charge in [0.15, 0.2) is 0 Å². The van der Waals surface area contributed by atoms with Gasteiger partial charge < -0.3 is 20.5 Å². The van der Waals surface area contributed by atoms with E-state index in [0.29, 0.717) is 11.3 Å². The van der Waals surface area contributed by atoms with Crippen molar-refractivity contribution >= 4 is 39.2 Å². The predicted octanol–water partition coefficient (Wildman–Crippen LogP) is 5.15. The number of carbonyl (C=O) groups excluding carboxylic acids is 2. The second kappa shape index (κ2) is 14.1. The SMILES string of the molecule is CC(C)OC(=O)Nc1ccc(-c2cnc([C@@H]3CCCCN3)s2)c(S(=O)(=O)NC(C)(C)C)c1.CC(C)OC(N)=O. The molecule has 5 N–H and O–H groups in total. The van der Waals surface area contributed by atoms with Gasteiger partial charge in [0.05, 0.1) is 28.0 Å². The Morgan fingerprint density at radius 1 is 1.13 bits per heavy atom. The highest BCUT2D eigenvalue weighted by atomic mass is 32.2. The van der Waals surface area contributed by atoms with Crippen molar-refractivity contribution in [2.45, 2.75) is 96.4 Å². The molecule has 13 heteroatoms. The molecule has 1 aliphatic rings. The maximum atomic E-state index is 13.3. The third-order valence-corrected chi connectivity index (χ3v) is 7.99. The zero-order chi connectivity index (χ0) is 29.4. The third kappa shape index (κ3) is 11.1. The van der Waals surface area contributed by atoms with Crippen molar-refractivity contribution in [3.8, 4) is 10.4 Å². The van der Waals surface area contributed by atoms with Crippen LogP contribution in [0, 0.1) is 0 Å². The van der Waals surface area contributed by atoms with Gasteiger partial charge in [-0.3, -0.25) is 5.32 Å². The minimum Gasteiger partial charge on any atom is -0.447 e. The van der Waals surface area contributed by atoms with Crippen LogP contribution in [0.15, 0.2) is 29.3 Å². The molecule has 0 aliphatic carbocycles. The molecule has 1 fully saturated rings. The molecule has 39 heavy (non-hydrogen) atoms. The average molecular weight is 584 g/mol. The molecule has 1 saturated heterocycles. The summed E-state index contributed by atoms with van der Waals surface area (Å²) in [7, 11) is -3.87. The first-order valence-corrected chi connectivity index (χ1v) is 15.2. The zero-order valence-corrected chi connectivity index (χ0v) is 25.3. The van der Waals surface area contributed by atoms with Crippen molar-refractivity contribution in [2.24, 2.45) is 5.73 Å². The summed E-state index contributed by atoms with van der Waals surface area (Å²) in [6.07, 6.45) is 3.31. The van der Waals surface area contributed by atoms with Crippen molar-refractivity contribution in [1.29, 1.82) is 0 Å². The van der Waals surface area contributed by atoms with Crippen molar-refractivity contribution in [1.82, 2.24) is 15.0 Å². The molecule has 2 heterocycles. The minimum atomic E-state index is -3.87. The quantitative estimate of drug-likeness (QED) is 0.348. The fourth-order valence-corrected chi connectivity index (χ4v) is 6.51. The van der Waals surface area contributed by atoms with Gasteiger partial charge in [-0.25, -0.2) is 27.7 Å². The normalized spacial score (nSPS) is 15.9. The van der Waals surface area contributed by atoms with E-state index in [0.717, 1.165) is 35.7 Å². The zero-order valence-electron chi connectivity index (χ0n) is 23.7. The number of sulfonamides is 1. The molecule has 1 aromatic heterocycles. The number of piperidine rings is 1. The Morgan fingerprint density at radius 2 is 1.79 bits per heavy atom. The summed E-state index contributed by atoms with van der Waals surface area (Å²) in [5.41, 5.74) is 4.85. The monoisotopic (exact) mass is 583 g/mol. The van der Waals surface area contributed by atoms with E-state index >= 15 is 0 Å². The first-order chi connectivity index (χ1) is 18.1. The summed E-state index contributed by atoms with van der Waals surface area (Å²) in [6.45, 7) is 13.3. The summed E-state index contributed by atoms with van der Waals surface area (Å²) >= 11 is 1.49. The Labute approximate surface area is 235 Å². The highest BCUT2D eigenvalue weighted by Gasteiger charge is 2.27. The lowest BCUT2D eigenvalue weighted by Crippen LogP contribution is -2.40. The Morgan fingerprint density at radius 3 is 2.31 bits per heavy atom. The van der Waals surface area contributed by atoms with Gasteiger partial charge in [0.2, 0.25) is 10.0 Å². The van der Waals surface area contributed by atoms with Crippen LogP contribution in [0.2, 0.25) is 0 Å². The number of amides is 2. The number of nitrogens with one attached hydrogen (secondary N) is 3. The van der Waals surface area contributed by atoms with Crippen molar-refractivity contribution in [3.05, 3.63) is 29.4 Å². The van der Waals surface area contributed by atoms with Crippen LogP contribution in [0.3, 0.4) is 0 Å². The largest absolute Gasteiger partial charge is 0.447 e. The average Bonchev–Trinajstić information content (AvgIpc) is 3.27. The molecule has 1 aliphatic heterocycles. The lowest BCUT2D eigenvalue weighted by atomic mass is 10.1. The first kappa shape index (κ1) is 32.5. The molecule has 218 valence electrons. The number of primary amides is 1. The smallest absolute Gasteiger partial charge is 0.411 e. The summed E-state index contributed by atoms with van der Waals surface area (Å²) < 4.78 is 38.8. The summed E-state index contributed by atoms with van der Waals surface area (Å²) in [6, 6.07) is 5.03. The molecule has 1 atom stereocenters. The Hall–Kier alpha value is -2.74. The van der Waals surface area contributed by atoms with Crippen LogP contribution in [0.4, 0.5) is 15.3 Å². The summed E-state index contributed by atoms with van der Waals surface area (Å²) in [5.74, 6) is 0. The minimum absolute atomic E-state index is 0.0848. The van der Waals surface area contributed by atoms with E-state index in [1.165, 1.54) is 17.4 Å². The standard InChI is InChI=1S/C22H32N4O4S2.C4H9NO2/c1-14(2)30-21(27)25-15-9-10-16(19(12-15)32(28,29)26-22(3,4)5)18-13-24-20(31-18)17-8-6-7-11-23-17;1-3(2)7-4(5)6/h9-10,12-14,17,23,26H,6-8,11H2,1-5H3,(H,25,27);3H,1-2H3,(H2,5,6)/t17-;/m0./s1. The lowest BCUT2D eigenvalue weighted by Gasteiger charge is -2.22. The van der Waals surface area contributed by atoms with Crippen LogP contribution in [0.25, 0.3) is 10.4 Å². The second-order valence-electron chi connectivity index (χ2n) is 10.7. The van der Waals surface area contributed by atoms with Gasteiger partial charge in [-0.1, -0.05) is 12.5 Å². The van der Waals surface area contributed by atoms with Gasteiger partial charge in [0, 0.05) is 23.0 Å². The number of carbonyl (C=O) groups is 2. The van der Waals surface area contributed by atoms with E-state index in [9.17, 15) is 18.0 Å². The molecular weight excluding hydrogens is 542 g/mol. The third-order valence-electron chi connectivity index (χ3n) is 5.05. The molecule has 0 saturated carbocycles. The fourth-order valence-electron chi connectivity index (χ4n) is 3.71. The van der Waals surface area contributed by atoms with Gasteiger partial charge >= 0.3 is 12.2 Å². The molecule has 3 rings (SSSR count). The Balaban J connectivity index is 0.000000673. The van der Waals surface area contributed by atoms with Crippen molar-refractivity contribution in [2.75, 3.05) is 11.9 Å². The number of ether oxygens (including phenoxy) is 2. The summed E-state index contributed by atoms with van der Waals surface area (Å²) in [4.78, 5) is 27.3. The second-order valence-corrected chi connectivity index (χ2v) is 13.4. The Kier molecular flexibility index (Phi) is 11.7. The number of rotatable bonds is 7. The fraction of sp³-hybridized carbons (Fsp3) is 0.577. The van der Waals surface area contributed by atoms with E-state index in [-0.39, 0.29) is 23.1 Å². The van der Waals surface area contributed by atoms with Crippen LogP contribution in [-0.2, 0) is 19.5 Å². The van der Waals surface area contributed by atoms with Crippen LogP contribution in [0.5, 0.6) is 0 Å². The molecule has 2 aromatic rings. The number of thiazole rings is 1. The number of anilines is 1. The van der Waals surface area contributed by atoms with Gasteiger partial charge in [0.1, 0.15) is 5.01 Å². The van der Waals surface area contributed by atoms with Crippen LogP contribution < -0.4 is 21.1 Å². The topological polar surface area (TPSA) is 162 Å². The van der Waals surface area contributed by atoms with Crippen molar-refractivity contribution in [3.63, 3.8) is 0 Å². The molecule has 0 bridgehead atoms. The Bertz CT molecular complexity index is 1220. The van der Waals surface area contributed by atoms with E-state index in [1.807, 2.05) is 0 Å². The number of nitrogens with zero attached hydrogens (tertiary/aromatic N) is 1. The number of aromatic nitrogens is 1. The molecule has 0 radical (unpaired) electrons. The molecule has 2 amide bonds. The highest BCUT2D eigenvalue weighted by molar-refractivity contribution is 7.89. The molecule has 1 aromatic carbocycles. The van der Waals surface area contributed by atoms with E-state index in [2.05, 4.69) is 30.8 Å². The molecule has 11 nitrogen and oxygen atoms in total. The van der Waals surface area contributed by atoms with Gasteiger partial charge in [0.25, 0.3) is 0 Å². The van der Waals surface area contributed by atoms with Crippen molar-refractivity contribution < 1.29 is 27.5 Å². The molecule has 0 unspecified atom stereocenters.